The minimum absolute atomic E-state index is 0.0732. The van der Waals surface area contributed by atoms with Gasteiger partial charge in [-0.1, -0.05) is 92.8 Å². The van der Waals surface area contributed by atoms with E-state index in [9.17, 15) is 37.1 Å². The number of β-amino-alcohol motifs (C(OH)–C–C–N with tert-alkyl or cyclic N) is 1. The number of halogens is 12. The molecule has 0 bridgehead atoms. The normalized spacial score (nSPS) is 15.1. The number of ether oxygens (including phenoxy) is 5. The Labute approximate surface area is 830 Å². The zero-order valence-electron chi connectivity index (χ0n) is 77.2. The molecule has 0 aliphatic carbocycles. The average Bonchev–Trinajstić information content (AvgIpc) is 1.63. The maximum Gasteiger partial charge on any atom is 0.250 e. The summed E-state index contributed by atoms with van der Waals surface area (Å²) in [6.45, 7) is 30.6. The first kappa shape index (κ1) is 105. The zero-order valence-corrected chi connectivity index (χ0v) is 83.2. The Hall–Kier alpha value is -11.0. The molecule has 15 rings (SSSR count). The van der Waals surface area contributed by atoms with E-state index in [2.05, 4.69) is 60.8 Å². The Kier molecular flexibility index (Phi) is 35.0. The second kappa shape index (κ2) is 45.7. The number of nitrogen functional groups attached to an aromatic ring is 4. The van der Waals surface area contributed by atoms with Crippen LogP contribution < -0.4 is 52.5 Å². The van der Waals surface area contributed by atoms with Crippen LogP contribution in [-0.4, -0.2) is 181 Å². The van der Waals surface area contributed by atoms with Crippen LogP contribution in [0.25, 0.3) is 44.5 Å². The molecule has 0 radical (unpaired) electrons. The number of aromatic nitrogens is 12. The van der Waals surface area contributed by atoms with Crippen LogP contribution in [0.3, 0.4) is 0 Å². The molecule has 30 nitrogen and oxygen atoms in total. The smallest absolute Gasteiger partial charge is 0.250 e. The average molecular weight is 2050 g/mol. The minimum Gasteiger partial charge on any atom is -0.482 e. The highest BCUT2D eigenvalue weighted by Crippen LogP contribution is 2.44. The van der Waals surface area contributed by atoms with Gasteiger partial charge >= 0.3 is 0 Å². The van der Waals surface area contributed by atoms with Crippen LogP contribution >= 0.6 is 92.8 Å². The zero-order chi connectivity index (χ0) is 99.4. The van der Waals surface area contributed by atoms with E-state index in [1.54, 1.807) is 167 Å². The van der Waals surface area contributed by atoms with E-state index in [1.807, 2.05) is 38.6 Å². The number of rotatable bonds is 29. The molecule has 4 unspecified atom stereocenters. The maximum absolute atomic E-state index is 14.0. The molecule has 0 spiro atoms. The highest BCUT2D eigenvalue weighted by Gasteiger charge is 2.39. The summed E-state index contributed by atoms with van der Waals surface area (Å²) in [4.78, 5) is 62.1. The van der Waals surface area contributed by atoms with Crippen LogP contribution in [0.1, 0.15) is 155 Å². The van der Waals surface area contributed by atoms with Gasteiger partial charge < -0.3 is 72.2 Å². The number of carbonyl (C=O) groups excluding carboxylic acids is 3. The molecule has 3 aliphatic heterocycles. The fraction of sp³-hybridized carbons (Fsp3) is 0.379. The van der Waals surface area contributed by atoms with E-state index >= 15 is 0 Å². The van der Waals surface area contributed by atoms with Gasteiger partial charge in [0.25, 0.3) is 0 Å². The second-order valence-corrected chi connectivity index (χ2v) is 37.8. The molecule has 3 aliphatic rings. The second-order valence-electron chi connectivity index (χ2n) is 34.7. The van der Waals surface area contributed by atoms with Gasteiger partial charge in [0.05, 0.1) is 64.2 Å². The molecule has 11 heterocycles. The summed E-state index contributed by atoms with van der Waals surface area (Å²) in [7, 11) is 0. The molecule has 12 aromatic rings. The summed E-state index contributed by atoms with van der Waals surface area (Å²) < 4.78 is 91.6. The number of likely N-dealkylation sites (tertiary alicyclic amines) is 2. The van der Waals surface area contributed by atoms with Gasteiger partial charge in [0, 0.05) is 195 Å². The van der Waals surface area contributed by atoms with Crippen molar-refractivity contribution < 1.29 is 60.7 Å². The van der Waals surface area contributed by atoms with Gasteiger partial charge in [-0.2, -0.15) is 20.4 Å². The van der Waals surface area contributed by atoms with Crippen molar-refractivity contribution in [3.8, 4) is 67.5 Å². The predicted octanol–water partition coefficient (Wildman–Crippen LogP) is 19.5. The van der Waals surface area contributed by atoms with Crippen LogP contribution in [0.5, 0.6) is 23.0 Å². The Morgan fingerprint density at radius 2 is 0.730 bits per heavy atom. The number of anilines is 4. The lowest BCUT2D eigenvalue weighted by molar-refractivity contribution is -0.139. The lowest BCUT2D eigenvalue weighted by Gasteiger charge is -2.29. The summed E-state index contributed by atoms with van der Waals surface area (Å²) in [5.74, 6) is -0.889. The van der Waals surface area contributed by atoms with E-state index in [0.29, 0.717) is 107 Å². The van der Waals surface area contributed by atoms with E-state index in [4.69, 9.17) is 139 Å². The van der Waals surface area contributed by atoms with Crippen molar-refractivity contribution in [3.05, 3.63) is 233 Å². The summed E-state index contributed by atoms with van der Waals surface area (Å²) in [5.41, 5.74) is 28.4. The predicted molar refractivity (Wildman–Crippen MR) is 526 cm³/mol. The third-order valence-electron chi connectivity index (χ3n) is 23.4. The Morgan fingerprint density at radius 3 is 1.03 bits per heavy atom. The first-order valence-electron chi connectivity index (χ1n) is 43.9. The fourth-order valence-corrected chi connectivity index (χ4v) is 17.8. The third-order valence-corrected chi connectivity index (χ3v) is 26.3. The molecule has 0 saturated carbocycles. The van der Waals surface area contributed by atoms with E-state index < -0.39 is 70.4 Å². The number of morpholine rings is 1. The van der Waals surface area contributed by atoms with E-state index in [0.717, 1.165) is 56.0 Å². The molecule has 5 atom stereocenters. The van der Waals surface area contributed by atoms with Gasteiger partial charge in [-0.05, 0) is 188 Å². The Bertz CT molecular complexity index is 6290. The number of aliphatic hydroxyl groups is 1. The molecular weight excluding hydrogens is 1940 g/mol. The number of hydrogen-bond acceptors (Lipinski definition) is 23. The molecule has 3 saturated heterocycles. The van der Waals surface area contributed by atoms with Crippen LogP contribution in [0.4, 0.5) is 40.8 Å². The van der Waals surface area contributed by atoms with Crippen molar-refractivity contribution >= 4 is 134 Å². The number of nitrogens with one attached hydrogen (secondary N) is 2. The molecular formula is C95H107Cl8F4N21O9. The van der Waals surface area contributed by atoms with Gasteiger partial charge in [-0.15, -0.1) is 0 Å². The minimum atomic E-state index is -0.956. The van der Waals surface area contributed by atoms with Crippen molar-refractivity contribution in [1.29, 1.82) is 0 Å². The topological polar surface area (TPSA) is 378 Å². The first-order valence-corrected chi connectivity index (χ1v) is 46.9. The van der Waals surface area contributed by atoms with Gasteiger partial charge in [-0.25, -0.2) is 37.5 Å². The summed E-state index contributed by atoms with van der Waals surface area (Å²) in [5, 5.41) is 34.1. The van der Waals surface area contributed by atoms with Gasteiger partial charge in [-0.3, -0.25) is 38.0 Å². The van der Waals surface area contributed by atoms with E-state index in [1.165, 1.54) is 61.4 Å². The molecule has 3 fully saturated rings. The van der Waals surface area contributed by atoms with Gasteiger partial charge in [0.15, 0.2) is 46.3 Å². The third kappa shape index (κ3) is 25.4. The summed E-state index contributed by atoms with van der Waals surface area (Å²) in [6, 6.07) is 17.6. The Balaban J connectivity index is 0.000000165. The SMILES string of the molecule is CC(Oc1cc(-c2cnn(C(C)(C)C(=O)N3CC[C@@H](O)C3)c2)cnc1N)c1c(Cl)ccc(F)c1Cl.CC(Oc1cc(-c2cnn(C(C)(C)C(=O)NCCN3CCCC3)c2)cnc1N)c1c(Cl)ccc(F)c1Cl.CC(Oc1cc(-c2cnn(C(C)(C)C(=O)NCCN3CCOCC3)c2)cnc1N)c1c(Cl)ccc(F)c1Cl.CC(Oc1cc(-c2cnn(C(C)C)c2)cnc1N)c1c(Cl)ccc(F)c1Cl. The number of pyridine rings is 4. The van der Waals surface area contributed by atoms with Crippen LogP contribution in [-0.2, 0) is 35.7 Å². The first-order chi connectivity index (χ1) is 64.9. The molecule has 42 heteroatoms. The highest BCUT2D eigenvalue weighted by molar-refractivity contribution is 6.38. The van der Waals surface area contributed by atoms with Crippen LogP contribution in [0.2, 0.25) is 40.2 Å². The maximum atomic E-state index is 14.0. The fourth-order valence-electron chi connectivity index (χ4n) is 15.1. The van der Waals surface area contributed by atoms with Crippen LogP contribution in [0, 0.1) is 23.3 Å². The quantitative estimate of drug-likeness (QED) is 0.0169. The Morgan fingerprint density at radius 1 is 0.431 bits per heavy atom. The molecule has 11 N–H and O–H groups in total. The molecule has 4 aromatic carbocycles. The number of amides is 3. The lowest BCUT2D eigenvalue weighted by Crippen LogP contribution is -2.48. The van der Waals surface area contributed by atoms with Crippen molar-refractivity contribution in [1.82, 2.24) is 84.4 Å². The largest absolute Gasteiger partial charge is 0.482 e. The highest BCUT2D eigenvalue weighted by atomic mass is 35.5. The molecule has 730 valence electrons. The number of nitrogens with zero attached hydrogens (tertiary/aromatic N) is 15. The molecule has 137 heavy (non-hydrogen) atoms. The van der Waals surface area contributed by atoms with E-state index in [-0.39, 0.29) is 99.4 Å². The summed E-state index contributed by atoms with van der Waals surface area (Å²) >= 11 is 49.3. The molecule has 3 amide bonds. The number of benzene rings is 4. The number of aliphatic hydroxyl groups excluding tert-OH is 1. The number of hydrogen-bond donors (Lipinski definition) is 7. The molecule has 8 aromatic heterocycles. The van der Waals surface area contributed by atoms with Crippen molar-refractivity contribution in [2.45, 2.75) is 156 Å². The lowest BCUT2D eigenvalue weighted by atomic mass is 10.0. The number of nitrogens with two attached hydrogens (primary N) is 4. The van der Waals surface area contributed by atoms with Gasteiger partial charge in [0.1, 0.15) is 64.3 Å². The van der Waals surface area contributed by atoms with Crippen molar-refractivity contribution in [3.63, 3.8) is 0 Å². The van der Waals surface area contributed by atoms with Crippen LogP contribution in [0.15, 0.2) is 147 Å². The standard InChI is InChI=1S/C26H31Cl2FN6O3.C26H31Cl2FN6O2.C24H26Cl2FN5O3.C19H19Cl2FN4O/c1-16(22-19(27)4-5-20(29)23(22)28)38-21-12-17(13-32-24(21)30)18-14-33-35(15-18)26(2,3)25(36)31-6-7-34-8-10-37-11-9-34;1-16(22-19(27)6-7-20(29)23(22)28)37-21-12-17(13-32-24(21)30)18-14-33-35(15-18)26(2,3)25(36)31-8-11-34-9-4-5-10-34;1-13(20-17(25)4-5-18(27)21(20)26)35-19-8-14(9-29-22(19)28)15-10-30-32(11-15)24(2,3)23(34)31-7-6-16(33)12-31;1-10(2)26-9-13(8-25-26)12-6-16(19(23)24-7-12)27-11(3)17-14(20)4-5-15(22)18(17)21/h4-5,12-16H,6-11H2,1-3H3,(H2,30,32)(H,31,36);6-7,12-16H,4-5,8-11H2,1-3H3,(H2,30,32)(H,31,36);4-5,8-11,13,16,33H,6-7,12H2,1-3H3,(H2,28,29);4-11H,1-3H3,(H2,23,24)/t;;13?,16-;/m..1./s1. The summed E-state index contributed by atoms with van der Waals surface area (Å²) in [6.07, 6.45) is 20.0. The van der Waals surface area contributed by atoms with Crippen molar-refractivity contribution in [2.24, 2.45) is 0 Å². The monoisotopic (exact) mass is 2040 g/mol. The number of carbonyl (C=O) groups is 3. The van der Waals surface area contributed by atoms with Gasteiger partial charge in [0.2, 0.25) is 17.7 Å². The van der Waals surface area contributed by atoms with Crippen molar-refractivity contribution in [2.75, 3.05) is 102 Å².